The summed E-state index contributed by atoms with van der Waals surface area (Å²) < 4.78 is 49.2. The summed E-state index contributed by atoms with van der Waals surface area (Å²) in [6, 6.07) is 11.8. The number of carboxylic acid groups (broad SMARTS) is 1. The average Bonchev–Trinajstić information content (AvgIpc) is 3.09. The molecule has 0 saturated heterocycles. The van der Waals surface area contributed by atoms with Crippen molar-refractivity contribution < 1.29 is 32.6 Å². The number of alkyl halides is 3. The van der Waals surface area contributed by atoms with Crippen LogP contribution in [0.25, 0.3) is 22.2 Å². The van der Waals surface area contributed by atoms with Crippen LogP contribution < -0.4 is 5.76 Å². The normalized spacial score (nSPS) is 14.6. The van der Waals surface area contributed by atoms with Crippen molar-refractivity contribution in [3.8, 4) is 11.1 Å². The van der Waals surface area contributed by atoms with Crippen LogP contribution in [0.1, 0.15) is 34.3 Å². The van der Waals surface area contributed by atoms with Crippen LogP contribution in [0.5, 0.6) is 0 Å². The first-order valence-corrected chi connectivity index (χ1v) is 11.2. The molecule has 4 rings (SSSR count). The fourth-order valence-corrected chi connectivity index (χ4v) is 4.78. The highest BCUT2D eigenvalue weighted by Crippen LogP contribution is 2.50. The Morgan fingerprint density at radius 3 is 2.17 bits per heavy atom. The second-order valence-corrected chi connectivity index (χ2v) is 9.15. The van der Waals surface area contributed by atoms with Crippen LogP contribution >= 0.6 is 23.2 Å². The predicted octanol–water partition coefficient (Wildman–Crippen LogP) is 6.36. The van der Waals surface area contributed by atoms with E-state index in [0.717, 1.165) is 16.7 Å². The summed E-state index contributed by atoms with van der Waals surface area (Å²) in [6.45, 7) is 1.20. The molecule has 188 valence electrons. The van der Waals surface area contributed by atoms with E-state index >= 15 is 0 Å². The number of aromatic nitrogens is 1. The molecular weight excluding hydrogens is 522 g/mol. The number of nitrogens with zero attached hydrogens (tertiary/aromatic N) is 1. The van der Waals surface area contributed by atoms with Gasteiger partial charge in [0.1, 0.15) is 0 Å². The molecule has 0 aliphatic carbocycles. The molecule has 2 unspecified atom stereocenters. The number of hydrogen-bond acceptors (Lipinski definition) is 4. The van der Waals surface area contributed by atoms with E-state index in [4.69, 9.17) is 32.7 Å². The number of hydrogen-bond donors (Lipinski definition) is 2. The van der Waals surface area contributed by atoms with Gasteiger partial charge in [-0.05, 0) is 52.6 Å². The molecule has 0 aliphatic rings. The van der Waals surface area contributed by atoms with Gasteiger partial charge in [0.25, 0.3) is 0 Å². The first-order valence-electron chi connectivity index (χ1n) is 10.5. The zero-order valence-corrected chi connectivity index (χ0v) is 20.2. The molecule has 36 heavy (non-hydrogen) atoms. The zero-order chi connectivity index (χ0) is 26.6. The Balaban J connectivity index is 1.79. The third-order valence-corrected chi connectivity index (χ3v) is 6.93. The van der Waals surface area contributed by atoms with Gasteiger partial charge in [0.15, 0.2) is 11.2 Å². The van der Waals surface area contributed by atoms with Gasteiger partial charge in [-0.15, -0.1) is 0 Å². The van der Waals surface area contributed by atoms with Gasteiger partial charge in [0.2, 0.25) is 0 Å². The van der Waals surface area contributed by atoms with Crippen molar-refractivity contribution in [3.05, 3.63) is 91.9 Å². The lowest BCUT2D eigenvalue weighted by Crippen LogP contribution is -2.46. The summed E-state index contributed by atoms with van der Waals surface area (Å²) in [7, 11) is 1.35. The van der Waals surface area contributed by atoms with E-state index in [9.17, 15) is 27.9 Å². The maximum Gasteiger partial charge on any atom is 0.422 e. The van der Waals surface area contributed by atoms with Crippen molar-refractivity contribution in [1.29, 1.82) is 0 Å². The molecule has 2 N–H and O–H groups in total. The number of carboxylic acids is 1. The SMILES string of the molecule is CC(c1ccc(-c2ccc(C(=O)O)c(Cl)c2)cc1Cl)C(O)(c1ccc2oc(=O)n(C)c2c1)C(F)(F)F. The molecule has 0 aliphatic heterocycles. The smallest absolute Gasteiger partial charge is 0.422 e. The summed E-state index contributed by atoms with van der Waals surface area (Å²) in [4.78, 5) is 23.0. The van der Waals surface area contributed by atoms with Gasteiger partial charge in [-0.1, -0.05) is 54.4 Å². The third kappa shape index (κ3) is 4.17. The Morgan fingerprint density at radius 1 is 1.00 bits per heavy atom. The van der Waals surface area contributed by atoms with Crippen LogP contribution in [-0.2, 0) is 12.6 Å². The Kier molecular flexibility index (Phi) is 6.45. The molecule has 0 amide bonds. The minimum absolute atomic E-state index is 0.0101. The van der Waals surface area contributed by atoms with Gasteiger partial charge < -0.3 is 14.6 Å². The Labute approximate surface area is 212 Å². The molecule has 1 heterocycles. The molecule has 11 heteroatoms. The standard InChI is InChI=1S/C25H18Cl2F3NO5/c1-12(16-6-3-13(9-18(16)26)14-4-7-17(22(32)33)19(27)10-14)24(35,25(28,29)30)15-5-8-21-20(11-15)31(2)23(34)36-21/h3-12,35H,1-2H3,(H,32,33). The zero-order valence-electron chi connectivity index (χ0n) is 18.7. The number of benzene rings is 3. The summed E-state index contributed by atoms with van der Waals surface area (Å²) in [6.07, 6.45) is -5.11. The number of aliphatic hydroxyl groups is 1. The maximum atomic E-state index is 14.4. The quantitative estimate of drug-likeness (QED) is 0.308. The van der Waals surface area contributed by atoms with Crippen LogP contribution in [0.4, 0.5) is 13.2 Å². The molecule has 0 spiro atoms. The van der Waals surface area contributed by atoms with Crippen LogP contribution in [0.15, 0.2) is 63.8 Å². The molecule has 2 atom stereocenters. The summed E-state index contributed by atoms with van der Waals surface area (Å²) in [5, 5.41) is 20.2. The predicted molar refractivity (Wildman–Crippen MR) is 129 cm³/mol. The minimum Gasteiger partial charge on any atom is -0.478 e. The molecule has 1 aromatic heterocycles. The van der Waals surface area contributed by atoms with Gasteiger partial charge in [0.05, 0.1) is 16.1 Å². The highest BCUT2D eigenvalue weighted by atomic mass is 35.5. The van der Waals surface area contributed by atoms with Crippen LogP contribution in [0.3, 0.4) is 0 Å². The molecule has 0 bridgehead atoms. The van der Waals surface area contributed by atoms with E-state index in [0.29, 0.717) is 11.1 Å². The molecule has 0 fully saturated rings. The molecule has 4 aromatic rings. The first kappa shape index (κ1) is 25.8. The lowest BCUT2D eigenvalue weighted by atomic mass is 9.77. The highest BCUT2D eigenvalue weighted by molar-refractivity contribution is 6.34. The molecule has 0 saturated carbocycles. The monoisotopic (exact) mass is 539 g/mol. The molecular formula is C25H18Cl2F3NO5. The van der Waals surface area contributed by atoms with Crippen molar-refractivity contribution in [2.45, 2.75) is 24.6 Å². The largest absolute Gasteiger partial charge is 0.478 e. The van der Waals surface area contributed by atoms with Crippen molar-refractivity contribution in [1.82, 2.24) is 4.57 Å². The molecule has 0 radical (unpaired) electrons. The average molecular weight is 540 g/mol. The fraction of sp³-hybridized carbons (Fsp3) is 0.200. The Morgan fingerprint density at radius 2 is 1.61 bits per heavy atom. The van der Waals surface area contributed by atoms with Crippen molar-refractivity contribution in [2.24, 2.45) is 7.05 Å². The topological polar surface area (TPSA) is 92.7 Å². The van der Waals surface area contributed by atoms with E-state index in [-0.39, 0.29) is 32.3 Å². The second kappa shape index (κ2) is 8.99. The van der Waals surface area contributed by atoms with E-state index in [2.05, 4.69) is 0 Å². The van der Waals surface area contributed by atoms with Crippen molar-refractivity contribution in [2.75, 3.05) is 0 Å². The van der Waals surface area contributed by atoms with Crippen molar-refractivity contribution in [3.63, 3.8) is 0 Å². The van der Waals surface area contributed by atoms with E-state index < -0.39 is 35.0 Å². The van der Waals surface area contributed by atoms with E-state index in [1.807, 2.05) is 0 Å². The second-order valence-electron chi connectivity index (χ2n) is 8.33. The van der Waals surface area contributed by atoms with Gasteiger partial charge in [0, 0.05) is 18.0 Å². The van der Waals surface area contributed by atoms with Crippen LogP contribution in [0, 0.1) is 0 Å². The number of aryl methyl sites for hydroxylation is 1. The lowest BCUT2D eigenvalue weighted by molar-refractivity contribution is -0.274. The highest BCUT2D eigenvalue weighted by Gasteiger charge is 2.59. The number of rotatable bonds is 5. The van der Waals surface area contributed by atoms with E-state index in [1.54, 1.807) is 0 Å². The van der Waals surface area contributed by atoms with Gasteiger partial charge >= 0.3 is 17.9 Å². The number of aromatic carboxylic acids is 1. The number of carbonyl (C=O) groups is 1. The maximum absolute atomic E-state index is 14.4. The lowest BCUT2D eigenvalue weighted by Gasteiger charge is -2.37. The van der Waals surface area contributed by atoms with Crippen molar-refractivity contribution >= 4 is 40.3 Å². The minimum atomic E-state index is -5.11. The molecule has 3 aromatic carbocycles. The summed E-state index contributed by atoms with van der Waals surface area (Å²) in [5.74, 6) is -3.51. The summed E-state index contributed by atoms with van der Waals surface area (Å²) >= 11 is 12.4. The number of oxazole rings is 1. The van der Waals surface area contributed by atoms with E-state index in [1.165, 1.54) is 56.4 Å². The van der Waals surface area contributed by atoms with Crippen LogP contribution in [-0.4, -0.2) is 26.9 Å². The van der Waals surface area contributed by atoms with Gasteiger partial charge in [-0.3, -0.25) is 4.57 Å². The Hall–Kier alpha value is -3.27. The van der Waals surface area contributed by atoms with Gasteiger partial charge in [-0.2, -0.15) is 13.2 Å². The number of halogens is 5. The Bertz CT molecular complexity index is 1560. The first-order chi connectivity index (χ1) is 16.8. The van der Waals surface area contributed by atoms with Gasteiger partial charge in [-0.25, -0.2) is 9.59 Å². The van der Waals surface area contributed by atoms with Crippen LogP contribution in [0.2, 0.25) is 10.0 Å². The fourth-order valence-electron chi connectivity index (χ4n) is 4.17. The number of fused-ring (bicyclic) bond motifs is 1. The third-order valence-electron chi connectivity index (χ3n) is 6.29. The summed E-state index contributed by atoms with van der Waals surface area (Å²) in [5.41, 5.74) is -2.75. The molecule has 6 nitrogen and oxygen atoms in total.